The summed E-state index contributed by atoms with van der Waals surface area (Å²) in [5, 5.41) is 2.92. The lowest BCUT2D eigenvalue weighted by Crippen LogP contribution is -2.44. The fourth-order valence-corrected chi connectivity index (χ4v) is 2.60. The summed E-state index contributed by atoms with van der Waals surface area (Å²) < 4.78 is 25.8. The largest absolute Gasteiger partial charge is 0.320 e. The van der Waals surface area contributed by atoms with Crippen molar-refractivity contribution in [1.82, 2.24) is 10.0 Å². The smallest absolute Gasteiger partial charge is 0.212 e. The SMILES string of the molecule is CCC(C)(C)NS(=O)(=O)CCCNC. The molecule has 86 valence electrons. The first-order valence-electron chi connectivity index (χ1n) is 4.99. The van der Waals surface area contributed by atoms with Gasteiger partial charge in [-0.15, -0.1) is 0 Å². The predicted molar refractivity (Wildman–Crippen MR) is 59.8 cm³/mol. The number of hydrogen-bond donors (Lipinski definition) is 2. The van der Waals surface area contributed by atoms with Gasteiger partial charge in [-0.05, 0) is 40.3 Å². The topological polar surface area (TPSA) is 58.2 Å². The highest BCUT2D eigenvalue weighted by Gasteiger charge is 2.22. The minimum atomic E-state index is -3.11. The van der Waals surface area contributed by atoms with Crippen LogP contribution in [0.3, 0.4) is 0 Å². The van der Waals surface area contributed by atoms with Crippen LogP contribution in [0, 0.1) is 0 Å². The number of nitrogens with one attached hydrogen (secondary N) is 2. The van der Waals surface area contributed by atoms with Crippen molar-refractivity contribution in [1.29, 1.82) is 0 Å². The van der Waals surface area contributed by atoms with Crippen molar-refractivity contribution in [2.45, 2.75) is 39.2 Å². The normalized spacial score (nSPS) is 13.1. The average Bonchev–Trinajstić information content (AvgIpc) is 2.03. The van der Waals surface area contributed by atoms with E-state index in [4.69, 9.17) is 0 Å². The van der Waals surface area contributed by atoms with Crippen molar-refractivity contribution >= 4 is 10.0 Å². The van der Waals surface area contributed by atoms with Crippen molar-refractivity contribution in [2.24, 2.45) is 0 Å². The Morgan fingerprint density at radius 1 is 1.29 bits per heavy atom. The van der Waals surface area contributed by atoms with Crippen molar-refractivity contribution in [2.75, 3.05) is 19.3 Å². The summed E-state index contributed by atoms with van der Waals surface area (Å²) in [5.74, 6) is 0.192. The van der Waals surface area contributed by atoms with Gasteiger partial charge in [0, 0.05) is 5.54 Å². The van der Waals surface area contributed by atoms with E-state index in [9.17, 15) is 8.42 Å². The molecule has 0 aliphatic heterocycles. The minimum Gasteiger partial charge on any atom is -0.320 e. The molecule has 0 saturated carbocycles. The maximum atomic E-state index is 11.5. The molecule has 0 fully saturated rings. The molecule has 0 atom stereocenters. The Balaban J connectivity index is 4.08. The van der Waals surface area contributed by atoms with E-state index in [1.165, 1.54) is 0 Å². The van der Waals surface area contributed by atoms with E-state index in [-0.39, 0.29) is 11.3 Å². The van der Waals surface area contributed by atoms with Crippen molar-refractivity contribution in [3.05, 3.63) is 0 Å². The van der Waals surface area contributed by atoms with Gasteiger partial charge in [-0.1, -0.05) is 6.92 Å². The molecule has 2 N–H and O–H groups in total. The molecule has 0 aromatic carbocycles. The summed E-state index contributed by atoms with van der Waals surface area (Å²) in [6.45, 7) is 6.48. The first-order chi connectivity index (χ1) is 6.33. The van der Waals surface area contributed by atoms with Crippen molar-refractivity contribution < 1.29 is 8.42 Å². The second-order valence-corrected chi connectivity index (χ2v) is 5.96. The summed E-state index contributed by atoms with van der Waals surface area (Å²) in [6, 6.07) is 0. The quantitative estimate of drug-likeness (QED) is 0.624. The van der Waals surface area contributed by atoms with Crippen LogP contribution in [0.25, 0.3) is 0 Å². The van der Waals surface area contributed by atoms with Gasteiger partial charge in [-0.25, -0.2) is 13.1 Å². The fourth-order valence-electron chi connectivity index (χ4n) is 0.983. The van der Waals surface area contributed by atoms with Crippen LogP contribution in [0.5, 0.6) is 0 Å². The van der Waals surface area contributed by atoms with Crippen LogP contribution in [0.15, 0.2) is 0 Å². The molecule has 0 radical (unpaired) electrons. The van der Waals surface area contributed by atoms with Crippen LogP contribution >= 0.6 is 0 Å². The molecular formula is C9H22N2O2S. The van der Waals surface area contributed by atoms with Gasteiger partial charge in [-0.2, -0.15) is 0 Å². The Morgan fingerprint density at radius 3 is 2.29 bits per heavy atom. The first kappa shape index (κ1) is 13.9. The van der Waals surface area contributed by atoms with Gasteiger partial charge in [0.1, 0.15) is 0 Å². The third-order valence-corrected chi connectivity index (χ3v) is 3.85. The third-order valence-electron chi connectivity index (χ3n) is 2.16. The zero-order valence-corrected chi connectivity index (χ0v) is 10.4. The highest BCUT2D eigenvalue weighted by atomic mass is 32.2. The minimum absolute atomic E-state index is 0.192. The maximum absolute atomic E-state index is 11.5. The standard InChI is InChI=1S/C9H22N2O2S/c1-5-9(2,3)11-14(12,13)8-6-7-10-4/h10-11H,5-8H2,1-4H3. The zero-order valence-electron chi connectivity index (χ0n) is 9.55. The molecule has 0 unspecified atom stereocenters. The molecule has 14 heavy (non-hydrogen) atoms. The highest BCUT2D eigenvalue weighted by Crippen LogP contribution is 2.09. The predicted octanol–water partition coefficient (Wildman–Crippen LogP) is 0.704. The van der Waals surface area contributed by atoms with Gasteiger partial charge < -0.3 is 5.32 Å². The molecule has 5 heteroatoms. The zero-order chi connectivity index (χ0) is 11.2. The van der Waals surface area contributed by atoms with Gasteiger partial charge in [0.15, 0.2) is 0 Å². The van der Waals surface area contributed by atoms with Crippen LogP contribution < -0.4 is 10.0 Å². The summed E-state index contributed by atoms with van der Waals surface area (Å²) in [6.07, 6.45) is 1.43. The summed E-state index contributed by atoms with van der Waals surface area (Å²) in [5.41, 5.74) is -0.335. The van der Waals surface area contributed by atoms with Gasteiger partial charge >= 0.3 is 0 Å². The van der Waals surface area contributed by atoms with E-state index >= 15 is 0 Å². The Kier molecular flexibility index (Phi) is 5.63. The molecule has 0 heterocycles. The van der Waals surface area contributed by atoms with E-state index in [2.05, 4.69) is 10.0 Å². The lowest BCUT2D eigenvalue weighted by Gasteiger charge is -2.24. The maximum Gasteiger partial charge on any atom is 0.212 e. The van der Waals surface area contributed by atoms with Crippen LogP contribution in [-0.4, -0.2) is 33.3 Å². The molecule has 4 nitrogen and oxygen atoms in total. The average molecular weight is 222 g/mol. The van der Waals surface area contributed by atoms with E-state index < -0.39 is 10.0 Å². The summed E-state index contributed by atoms with van der Waals surface area (Å²) in [7, 11) is -1.30. The second kappa shape index (κ2) is 5.68. The molecule has 0 aromatic heterocycles. The monoisotopic (exact) mass is 222 g/mol. The molecule has 0 aliphatic rings. The van der Waals surface area contributed by atoms with Gasteiger partial charge in [0.05, 0.1) is 5.75 Å². The Hall–Kier alpha value is -0.130. The van der Waals surface area contributed by atoms with Gasteiger partial charge in [-0.3, -0.25) is 0 Å². The van der Waals surface area contributed by atoms with Crippen molar-refractivity contribution in [3.8, 4) is 0 Å². The van der Waals surface area contributed by atoms with E-state index in [1.54, 1.807) is 0 Å². The Labute approximate surface area is 87.5 Å². The Bertz CT molecular complexity index is 248. The molecular weight excluding hydrogens is 200 g/mol. The first-order valence-corrected chi connectivity index (χ1v) is 6.64. The van der Waals surface area contributed by atoms with Crippen molar-refractivity contribution in [3.63, 3.8) is 0 Å². The molecule has 0 aliphatic carbocycles. The van der Waals surface area contributed by atoms with Crippen LogP contribution in [0.2, 0.25) is 0 Å². The number of hydrogen-bond acceptors (Lipinski definition) is 3. The summed E-state index contributed by atoms with van der Waals surface area (Å²) in [4.78, 5) is 0. The number of rotatable bonds is 7. The van der Waals surface area contributed by atoms with E-state index in [1.807, 2.05) is 27.8 Å². The van der Waals surface area contributed by atoms with E-state index in [0.717, 1.165) is 13.0 Å². The lowest BCUT2D eigenvalue weighted by atomic mass is 10.0. The highest BCUT2D eigenvalue weighted by molar-refractivity contribution is 7.89. The number of sulfonamides is 1. The fraction of sp³-hybridized carbons (Fsp3) is 1.00. The third kappa shape index (κ3) is 6.34. The molecule has 0 amide bonds. The van der Waals surface area contributed by atoms with E-state index in [0.29, 0.717) is 6.42 Å². The molecule has 0 saturated heterocycles. The lowest BCUT2D eigenvalue weighted by molar-refractivity contribution is 0.439. The molecule has 0 spiro atoms. The molecule has 0 aromatic rings. The molecule has 0 bridgehead atoms. The Morgan fingerprint density at radius 2 is 1.86 bits per heavy atom. The van der Waals surface area contributed by atoms with Crippen LogP contribution in [-0.2, 0) is 10.0 Å². The van der Waals surface area contributed by atoms with Crippen LogP contribution in [0.4, 0.5) is 0 Å². The molecule has 0 rings (SSSR count). The second-order valence-electron chi connectivity index (χ2n) is 4.12. The van der Waals surface area contributed by atoms with Crippen LogP contribution in [0.1, 0.15) is 33.6 Å². The summed E-state index contributed by atoms with van der Waals surface area (Å²) >= 11 is 0. The van der Waals surface area contributed by atoms with Gasteiger partial charge in [0.25, 0.3) is 0 Å². The van der Waals surface area contributed by atoms with Gasteiger partial charge in [0.2, 0.25) is 10.0 Å².